The summed E-state index contributed by atoms with van der Waals surface area (Å²) in [6, 6.07) is 0. The third-order valence-electron chi connectivity index (χ3n) is 8.93. The predicted octanol–water partition coefficient (Wildman–Crippen LogP) is 15.3. The zero-order valence-electron chi connectivity index (χ0n) is 38.4. The van der Waals surface area contributed by atoms with E-state index in [9.17, 15) is 14.4 Å². The highest BCUT2D eigenvalue weighted by Crippen LogP contribution is 2.11. The molecule has 0 aromatic heterocycles. The Morgan fingerprint density at radius 3 is 1.25 bits per heavy atom. The van der Waals surface area contributed by atoms with E-state index in [1.54, 1.807) is 0 Å². The van der Waals surface area contributed by atoms with Crippen molar-refractivity contribution in [1.82, 2.24) is 0 Å². The third-order valence-corrected chi connectivity index (χ3v) is 8.93. The first-order chi connectivity index (χ1) is 30.0. The molecule has 0 bridgehead atoms. The van der Waals surface area contributed by atoms with Gasteiger partial charge in [-0.15, -0.1) is 0 Å². The topological polar surface area (TPSA) is 78.9 Å². The van der Waals surface area contributed by atoms with Crippen molar-refractivity contribution in [2.45, 2.75) is 168 Å². The summed E-state index contributed by atoms with van der Waals surface area (Å²) in [4.78, 5) is 37.7. The molecule has 0 aliphatic heterocycles. The van der Waals surface area contributed by atoms with Gasteiger partial charge in [-0.05, 0) is 103 Å². The zero-order valence-corrected chi connectivity index (χ0v) is 38.4. The van der Waals surface area contributed by atoms with Crippen molar-refractivity contribution in [2.75, 3.05) is 13.2 Å². The van der Waals surface area contributed by atoms with Gasteiger partial charge >= 0.3 is 17.9 Å². The van der Waals surface area contributed by atoms with Crippen LogP contribution < -0.4 is 0 Å². The maximum atomic E-state index is 12.7. The maximum absolute atomic E-state index is 12.7. The summed E-state index contributed by atoms with van der Waals surface area (Å²) < 4.78 is 16.6. The van der Waals surface area contributed by atoms with Crippen LogP contribution in [-0.2, 0) is 28.6 Å². The second-order valence-corrected chi connectivity index (χ2v) is 14.6. The number of esters is 3. The Labute approximate surface area is 372 Å². The van der Waals surface area contributed by atoms with E-state index in [0.29, 0.717) is 12.8 Å². The average molecular weight is 839 g/mol. The van der Waals surface area contributed by atoms with E-state index in [-0.39, 0.29) is 50.4 Å². The summed E-state index contributed by atoms with van der Waals surface area (Å²) in [6.45, 7) is 6.10. The molecule has 0 rings (SSSR count). The molecule has 0 radical (unpaired) electrons. The SMILES string of the molecule is CC\C=C/C=C\C=C/C=C\CCCCCCCC(=O)OC(COC(=O)CC/C=C\C/C=C\C/C=C\C/C=C\C/C=C\C/C=C\CC)COC(=O)CCCC/C=C\C/C=C\CC. The summed E-state index contributed by atoms with van der Waals surface area (Å²) in [7, 11) is 0. The van der Waals surface area contributed by atoms with E-state index in [1.165, 1.54) is 0 Å². The Morgan fingerprint density at radius 1 is 0.344 bits per heavy atom. The first-order valence-electron chi connectivity index (χ1n) is 23.4. The lowest BCUT2D eigenvalue weighted by Gasteiger charge is -2.18. The zero-order chi connectivity index (χ0) is 44.4. The predicted molar refractivity (Wildman–Crippen MR) is 260 cm³/mol. The third kappa shape index (κ3) is 46.2. The van der Waals surface area contributed by atoms with E-state index in [0.717, 1.165) is 109 Å². The fourth-order valence-electron chi connectivity index (χ4n) is 5.51. The van der Waals surface area contributed by atoms with Crippen molar-refractivity contribution in [2.24, 2.45) is 0 Å². The van der Waals surface area contributed by atoms with Gasteiger partial charge in [0.25, 0.3) is 0 Å². The smallest absolute Gasteiger partial charge is 0.306 e. The minimum atomic E-state index is -0.838. The highest BCUT2D eigenvalue weighted by Gasteiger charge is 2.19. The van der Waals surface area contributed by atoms with Gasteiger partial charge < -0.3 is 14.2 Å². The van der Waals surface area contributed by atoms with Crippen molar-refractivity contribution in [3.63, 3.8) is 0 Å². The van der Waals surface area contributed by atoms with Gasteiger partial charge in [-0.1, -0.05) is 186 Å². The molecule has 0 N–H and O–H groups in total. The number of ether oxygens (including phenoxy) is 3. The second-order valence-electron chi connectivity index (χ2n) is 14.6. The van der Waals surface area contributed by atoms with Gasteiger partial charge in [-0.3, -0.25) is 14.4 Å². The molecule has 0 spiro atoms. The Hall–Kier alpha value is -4.71. The van der Waals surface area contributed by atoms with Gasteiger partial charge in [-0.25, -0.2) is 0 Å². The molecular formula is C55H82O6. The number of hydrogen-bond donors (Lipinski definition) is 0. The molecule has 0 saturated carbocycles. The van der Waals surface area contributed by atoms with E-state index < -0.39 is 6.10 Å². The lowest BCUT2D eigenvalue weighted by molar-refractivity contribution is -0.166. The van der Waals surface area contributed by atoms with Crippen LogP contribution in [0.1, 0.15) is 162 Å². The number of carbonyl (C=O) groups excluding carboxylic acids is 3. The van der Waals surface area contributed by atoms with Crippen molar-refractivity contribution in [3.05, 3.63) is 146 Å². The van der Waals surface area contributed by atoms with Crippen LogP contribution in [0.5, 0.6) is 0 Å². The van der Waals surface area contributed by atoms with Gasteiger partial charge in [0.15, 0.2) is 6.10 Å². The summed E-state index contributed by atoms with van der Waals surface area (Å²) in [6.07, 6.45) is 68.5. The van der Waals surface area contributed by atoms with Crippen molar-refractivity contribution in [1.29, 1.82) is 0 Å². The first kappa shape index (κ1) is 56.3. The largest absolute Gasteiger partial charge is 0.462 e. The van der Waals surface area contributed by atoms with Crippen LogP contribution in [0.25, 0.3) is 0 Å². The minimum absolute atomic E-state index is 0.135. The fourth-order valence-corrected chi connectivity index (χ4v) is 5.51. The standard InChI is InChI=1S/C55H82O6/c1-4-7-10-13-16-19-21-23-25-26-27-28-30-31-33-36-39-42-45-48-54(57)60-51-52(50-59-53(56)47-44-41-38-35-18-15-12-9-6-3)61-55(58)49-46-43-40-37-34-32-29-24-22-20-17-14-11-8-5-2/h7-12,14,16-20,22-25,27-29,31,33,35,39,42,52H,4-6,13,15,21,26,30,32,34,36-38,40-41,43-51H2,1-3H3/b10-7-,11-8-,12-9-,17-14-,19-16-,22-20-,25-23-,28-27-,29-24-,33-31-,35-18-,42-39-. The molecule has 0 amide bonds. The lowest BCUT2D eigenvalue weighted by Crippen LogP contribution is -2.30. The summed E-state index contributed by atoms with van der Waals surface area (Å²) in [5.41, 5.74) is 0. The number of rotatable bonds is 39. The summed E-state index contributed by atoms with van der Waals surface area (Å²) in [5.74, 6) is -1.10. The van der Waals surface area contributed by atoms with Crippen molar-refractivity contribution in [3.8, 4) is 0 Å². The molecule has 1 unspecified atom stereocenters. The van der Waals surface area contributed by atoms with Crippen LogP contribution in [0.15, 0.2) is 146 Å². The van der Waals surface area contributed by atoms with Gasteiger partial charge in [0.05, 0.1) is 0 Å². The molecule has 0 aromatic rings. The Kier molecular flexibility index (Phi) is 44.3. The molecule has 6 nitrogen and oxygen atoms in total. The molecule has 0 saturated heterocycles. The molecule has 0 heterocycles. The second kappa shape index (κ2) is 48.0. The van der Waals surface area contributed by atoms with Crippen LogP contribution in [0.3, 0.4) is 0 Å². The van der Waals surface area contributed by atoms with E-state index in [1.807, 2.05) is 36.5 Å². The van der Waals surface area contributed by atoms with E-state index in [4.69, 9.17) is 14.2 Å². The van der Waals surface area contributed by atoms with Crippen LogP contribution in [-0.4, -0.2) is 37.2 Å². The Bertz CT molecular complexity index is 1430. The maximum Gasteiger partial charge on any atom is 0.306 e. The molecular weight excluding hydrogens is 757 g/mol. The van der Waals surface area contributed by atoms with Crippen LogP contribution >= 0.6 is 0 Å². The average Bonchev–Trinajstić information content (AvgIpc) is 3.26. The van der Waals surface area contributed by atoms with Crippen LogP contribution in [0, 0.1) is 0 Å². The van der Waals surface area contributed by atoms with E-state index >= 15 is 0 Å². The minimum Gasteiger partial charge on any atom is -0.462 e. The van der Waals surface area contributed by atoms with Crippen LogP contribution in [0.2, 0.25) is 0 Å². The quantitative estimate of drug-likeness (QED) is 0.0202. The lowest BCUT2D eigenvalue weighted by atomic mass is 10.1. The van der Waals surface area contributed by atoms with Gasteiger partial charge in [0.1, 0.15) is 13.2 Å². The number of allylic oxidation sites excluding steroid dienone is 24. The molecule has 338 valence electrons. The number of hydrogen-bond acceptors (Lipinski definition) is 6. The Morgan fingerprint density at radius 2 is 0.705 bits per heavy atom. The number of carbonyl (C=O) groups is 3. The summed E-state index contributed by atoms with van der Waals surface area (Å²) in [5, 5.41) is 0. The van der Waals surface area contributed by atoms with Crippen LogP contribution in [0.4, 0.5) is 0 Å². The number of unbranched alkanes of at least 4 members (excludes halogenated alkanes) is 7. The molecule has 61 heavy (non-hydrogen) atoms. The van der Waals surface area contributed by atoms with E-state index in [2.05, 4.69) is 130 Å². The highest BCUT2D eigenvalue weighted by atomic mass is 16.6. The summed E-state index contributed by atoms with van der Waals surface area (Å²) >= 11 is 0. The Balaban J connectivity index is 4.57. The van der Waals surface area contributed by atoms with Gasteiger partial charge in [0.2, 0.25) is 0 Å². The fraction of sp³-hybridized carbons (Fsp3) is 0.509. The molecule has 1 atom stereocenters. The molecule has 0 aliphatic rings. The molecule has 0 aliphatic carbocycles. The first-order valence-corrected chi connectivity index (χ1v) is 23.4. The highest BCUT2D eigenvalue weighted by molar-refractivity contribution is 5.71. The monoisotopic (exact) mass is 839 g/mol. The molecule has 6 heteroatoms. The normalized spacial score (nSPS) is 13.4. The molecule has 0 fully saturated rings. The van der Waals surface area contributed by atoms with Gasteiger partial charge in [-0.2, -0.15) is 0 Å². The van der Waals surface area contributed by atoms with Crippen molar-refractivity contribution < 1.29 is 28.6 Å². The molecule has 0 aromatic carbocycles. The van der Waals surface area contributed by atoms with Crippen molar-refractivity contribution >= 4 is 17.9 Å². The van der Waals surface area contributed by atoms with Gasteiger partial charge in [0, 0.05) is 19.3 Å².